The lowest BCUT2D eigenvalue weighted by Gasteiger charge is -2.51. The Morgan fingerprint density at radius 1 is 1.00 bits per heavy atom. The topological polar surface area (TPSA) is 27.0 Å². The Balaban J connectivity index is 2.29. The summed E-state index contributed by atoms with van der Waals surface area (Å²) in [5.74, 6) is 0.525. The lowest BCUT2D eigenvalue weighted by Crippen LogP contribution is -2.58. The molecule has 0 bridgehead atoms. The summed E-state index contributed by atoms with van der Waals surface area (Å²) in [7, 11) is 0. The molecule has 2 nitrogen and oxygen atoms in total. The van der Waals surface area contributed by atoms with Gasteiger partial charge in [-0.2, -0.15) is 5.26 Å². The number of hydrogen-bond acceptors (Lipinski definition) is 2. The predicted molar refractivity (Wildman–Crippen MR) is 79.8 cm³/mol. The van der Waals surface area contributed by atoms with Crippen LogP contribution in [-0.4, -0.2) is 23.5 Å². The Hall–Kier alpha value is -0.550. The van der Waals surface area contributed by atoms with Gasteiger partial charge in [0.2, 0.25) is 0 Å². The van der Waals surface area contributed by atoms with Crippen LogP contribution in [0.5, 0.6) is 0 Å². The largest absolute Gasteiger partial charge is 0.285 e. The van der Waals surface area contributed by atoms with Crippen molar-refractivity contribution in [2.45, 2.75) is 77.7 Å². The normalized spacial score (nSPS) is 34.5. The third kappa shape index (κ3) is 2.97. The van der Waals surface area contributed by atoms with E-state index in [9.17, 15) is 5.26 Å². The molecule has 0 spiro atoms. The van der Waals surface area contributed by atoms with Crippen molar-refractivity contribution in [3.63, 3.8) is 0 Å². The van der Waals surface area contributed by atoms with Crippen molar-refractivity contribution in [1.82, 2.24) is 4.90 Å². The summed E-state index contributed by atoms with van der Waals surface area (Å²) in [5, 5.41) is 10.0. The van der Waals surface area contributed by atoms with Crippen LogP contribution in [0.15, 0.2) is 0 Å². The van der Waals surface area contributed by atoms with Gasteiger partial charge in [0.25, 0.3) is 0 Å². The van der Waals surface area contributed by atoms with Crippen molar-refractivity contribution in [3.05, 3.63) is 0 Å². The summed E-state index contributed by atoms with van der Waals surface area (Å²) in [6, 6.07) is 2.80. The smallest absolute Gasteiger partial charge is 0.112 e. The fraction of sp³-hybridized carbons (Fsp3) is 0.941. The van der Waals surface area contributed by atoms with E-state index in [1.54, 1.807) is 0 Å². The molecular weight excluding hydrogens is 232 g/mol. The van der Waals surface area contributed by atoms with Crippen LogP contribution >= 0.6 is 0 Å². The van der Waals surface area contributed by atoms with Gasteiger partial charge in [0.05, 0.1) is 6.07 Å². The molecule has 0 aromatic rings. The molecule has 2 unspecified atom stereocenters. The molecule has 0 amide bonds. The zero-order chi connectivity index (χ0) is 13.9. The van der Waals surface area contributed by atoms with Gasteiger partial charge in [-0.25, -0.2) is 0 Å². The summed E-state index contributed by atoms with van der Waals surface area (Å²) in [5.41, 5.74) is 0.0588. The van der Waals surface area contributed by atoms with Crippen LogP contribution in [0.1, 0.15) is 72.1 Å². The maximum Gasteiger partial charge on any atom is 0.112 e. The third-order valence-electron chi connectivity index (χ3n) is 5.29. The molecular formula is C17H30N2. The van der Waals surface area contributed by atoms with E-state index in [1.807, 2.05) is 0 Å². The van der Waals surface area contributed by atoms with Crippen LogP contribution in [0.25, 0.3) is 0 Å². The van der Waals surface area contributed by atoms with Crippen LogP contribution in [0.4, 0.5) is 0 Å². The second kappa shape index (κ2) is 5.83. The van der Waals surface area contributed by atoms with Gasteiger partial charge in [-0.05, 0) is 50.1 Å². The van der Waals surface area contributed by atoms with E-state index in [4.69, 9.17) is 0 Å². The quantitative estimate of drug-likeness (QED) is 0.702. The minimum absolute atomic E-state index is 0.180. The van der Waals surface area contributed by atoms with E-state index in [1.165, 1.54) is 44.9 Å². The average molecular weight is 262 g/mol. The van der Waals surface area contributed by atoms with Crippen molar-refractivity contribution in [1.29, 1.82) is 5.26 Å². The Labute approximate surface area is 119 Å². The SMILES string of the molecule is CC(C)(C)C1CCCCC1(C#N)N1CCCCCC1. The molecule has 0 aromatic heterocycles. The van der Waals surface area contributed by atoms with Crippen LogP contribution in [-0.2, 0) is 0 Å². The molecule has 2 fully saturated rings. The summed E-state index contributed by atoms with van der Waals surface area (Å²) >= 11 is 0. The Morgan fingerprint density at radius 2 is 1.63 bits per heavy atom. The third-order valence-corrected chi connectivity index (χ3v) is 5.29. The van der Waals surface area contributed by atoms with Gasteiger partial charge < -0.3 is 0 Å². The number of nitriles is 1. The first-order valence-corrected chi connectivity index (χ1v) is 8.17. The Morgan fingerprint density at radius 3 is 2.16 bits per heavy atom. The van der Waals surface area contributed by atoms with E-state index in [0.29, 0.717) is 5.92 Å². The molecule has 2 rings (SSSR count). The van der Waals surface area contributed by atoms with Crippen molar-refractivity contribution >= 4 is 0 Å². The lowest BCUT2D eigenvalue weighted by molar-refractivity contribution is -0.00662. The maximum absolute atomic E-state index is 10.0. The Bertz CT molecular complexity index is 328. The minimum atomic E-state index is -0.180. The molecule has 19 heavy (non-hydrogen) atoms. The molecule has 1 aliphatic carbocycles. The zero-order valence-electron chi connectivity index (χ0n) is 13.0. The highest BCUT2D eigenvalue weighted by Crippen LogP contribution is 2.47. The van der Waals surface area contributed by atoms with Crippen molar-refractivity contribution in [2.24, 2.45) is 11.3 Å². The van der Waals surface area contributed by atoms with Crippen molar-refractivity contribution in [3.8, 4) is 6.07 Å². The first-order chi connectivity index (χ1) is 9.00. The van der Waals surface area contributed by atoms with Crippen LogP contribution in [0.3, 0.4) is 0 Å². The van der Waals surface area contributed by atoms with Gasteiger partial charge in [-0.3, -0.25) is 4.90 Å². The molecule has 1 saturated heterocycles. The lowest BCUT2D eigenvalue weighted by atomic mass is 9.61. The molecule has 0 N–H and O–H groups in total. The molecule has 1 heterocycles. The maximum atomic E-state index is 10.0. The molecule has 108 valence electrons. The van der Waals surface area contributed by atoms with Crippen LogP contribution < -0.4 is 0 Å². The highest BCUT2D eigenvalue weighted by Gasteiger charge is 2.50. The van der Waals surface area contributed by atoms with Gasteiger partial charge >= 0.3 is 0 Å². The molecule has 0 aromatic carbocycles. The van der Waals surface area contributed by atoms with Gasteiger partial charge in [-0.1, -0.05) is 46.5 Å². The first kappa shape index (κ1) is 14.9. The fourth-order valence-corrected chi connectivity index (χ4v) is 4.36. The summed E-state index contributed by atoms with van der Waals surface area (Å²) in [6.45, 7) is 9.26. The molecule has 2 heteroatoms. The molecule has 2 aliphatic rings. The summed E-state index contributed by atoms with van der Waals surface area (Å²) < 4.78 is 0. The molecule has 1 saturated carbocycles. The number of likely N-dealkylation sites (tertiary alicyclic amines) is 1. The number of nitrogens with zero attached hydrogens (tertiary/aromatic N) is 2. The van der Waals surface area contributed by atoms with Gasteiger partial charge in [0, 0.05) is 0 Å². The highest BCUT2D eigenvalue weighted by atomic mass is 15.2. The van der Waals surface area contributed by atoms with E-state index >= 15 is 0 Å². The standard InChI is InChI=1S/C17H30N2/c1-16(2,3)15-10-6-7-11-17(15,14-18)19-12-8-4-5-9-13-19/h15H,4-13H2,1-3H3. The van der Waals surface area contributed by atoms with Gasteiger partial charge in [-0.15, -0.1) is 0 Å². The molecule has 2 atom stereocenters. The number of hydrogen-bond donors (Lipinski definition) is 0. The first-order valence-electron chi connectivity index (χ1n) is 8.17. The number of rotatable bonds is 1. The van der Waals surface area contributed by atoms with E-state index in [0.717, 1.165) is 19.5 Å². The zero-order valence-corrected chi connectivity index (χ0v) is 13.0. The summed E-state index contributed by atoms with van der Waals surface area (Å²) in [6.07, 6.45) is 10.1. The molecule has 1 aliphatic heterocycles. The monoisotopic (exact) mass is 262 g/mol. The second-order valence-corrected chi connectivity index (χ2v) is 7.60. The average Bonchev–Trinajstić information content (AvgIpc) is 2.66. The molecule has 0 radical (unpaired) electrons. The van der Waals surface area contributed by atoms with Crippen molar-refractivity contribution in [2.75, 3.05) is 13.1 Å². The Kier molecular flexibility index (Phi) is 4.56. The fourth-order valence-electron chi connectivity index (χ4n) is 4.36. The van der Waals surface area contributed by atoms with Crippen LogP contribution in [0, 0.1) is 22.7 Å². The predicted octanol–water partition coefficient (Wildman–Crippen LogP) is 4.36. The van der Waals surface area contributed by atoms with E-state index < -0.39 is 0 Å². The van der Waals surface area contributed by atoms with Gasteiger partial charge in [0.1, 0.15) is 5.54 Å². The van der Waals surface area contributed by atoms with Crippen molar-refractivity contribution < 1.29 is 0 Å². The minimum Gasteiger partial charge on any atom is -0.285 e. The highest BCUT2D eigenvalue weighted by molar-refractivity contribution is 5.16. The van der Waals surface area contributed by atoms with E-state index in [2.05, 4.69) is 31.7 Å². The second-order valence-electron chi connectivity index (χ2n) is 7.60. The van der Waals surface area contributed by atoms with Gasteiger partial charge in [0.15, 0.2) is 0 Å². The van der Waals surface area contributed by atoms with Crippen LogP contribution in [0.2, 0.25) is 0 Å². The van der Waals surface area contributed by atoms with E-state index in [-0.39, 0.29) is 11.0 Å². The summed E-state index contributed by atoms with van der Waals surface area (Å²) in [4.78, 5) is 2.56.